The van der Waals surface area contributed by atoms with Crippen molar-refractivity contribution in [1.82, 2.24) is 4.90 Å². The lowest BCUT2D eigenvalue weighted by atomic mass is 9.69. The van der Waals surface area contributed by atoms with Crippen molar-refractivity contribution in [3.63, 3.8) is 0 Å². The molecule has 2 saturated carbocycles. The van der Waals surface area contributed by atoms with Gasteiger partial charge in [0.05, 0.1) is 5.41 Å². The number of hydrogen-bond acceptors (Lipinski definition) is 2. The first-order chi connectivity index (χ1) is 9.02. The molecule has 0 radical (unpaired) electrons. The minimum Gasteiger partial charge on any atom is -0.481 e. The van der Waals surface area contributed by atoms with Crippen LogP contribution < -0.4 is 0 Å². The standard InChI is InChI=1S/C16H29NO2/c1-13-6-5-9-16(10-13,15(18)19)12-17(2)11-14-7-3-4-8-14/h13-14H,3-12H2,1-2H3,(H,18,19). The van der Waals surface area contributed by atoms with Crippen molar-refractivity contribution >= 4 is 5.97 Å². The molecule has 3 heteroatoms. The summed E-state index contributed by atoms with van der Waals surface area (Å²) in [4.78, 5) is 14.1. The Kier molecular flexibility index (Phi) is 4.88. The summed E-state index contributed by atoms with van der Waals surface area (Å²) in [6.45, 7) is 4.03. The third-order valence-corrected chi connectivity index (χ3v) is 5.16. The first kappa shape index (κ1) is 14.8. The van der Waals surface area contributed by atoms with E-state index in [2.05, 4.69) is 18.9 Å². The van der Waals surface area contributed by atoms with E-state index < -0.39 is 11.4 Å². The Labute approximate surface area is 117 Å². The fourth-order valence-electron chi connectivity index (χ4n) is 4.28. The fourth-order valence-corrected chi connectivity index (χ4v) is 4.28. The number of rotatable bonds is 5. The van der Waals surface area contributed by atoms with Crippen LogP contribution in [0.3, 0.4) is 0 Å². The minimum absolute atomic E-state index is 0.481. The van der Waals surface area contributed by atoms with Crippen LogP contribution in [0.15, 0.2) is 0 Å². The molecule has 0 aromatic carbocycles. The van der Waals surface area contributed by atoms with Crippen LogP contribution in [-0.2, 0) is 4.79 Å². The van der Waals surface area contributed by atoms with Gasteiger partial charge >= 0.3 is 5.97 Å². The summed E-state index contributed by atoms with van der Waals surface area (Å²) in [5.74, 6) is 0.791. The van der Waals surface area contributed by atoms with Crippen molar-refractivity contribution < 1.29 is 9.90 Å². The third-order valence-electron chi connectivity index (χ3n) is 5.16. The number of nitrogens with zero attached hydrogens (tertiary/aromatic N) is 1. The predicted octanol–water partition coefficient (Wildman–Crippen LogP) is 3.39. The van der Waals surface area contributed by atoms with Gasteiger partial charge in [-0.3, -0.25) is 4.79 Å². The monoisotopic (exact) mass is 267 g/mol. The SMILES string of the molecule is CC1CCCC(CN(C)CC2CCCC2)(C(=O)O)C1. The number of carboxylic acids is 1. The Balaban J connectivity index is 1.93. The zero-order chi connectivity index (χ0) is 13.9. The summed E-state index contributed by atoms with van der Waals surface area (Å²) in [5, 5.41) is 9.69. The summed E-state index contributed by atoms with van der Waals surface area (Å²) < 4.78 is 0. The molecule has 0 aromatic heterocycles. The van der Waals surface area contributed by atoms with E-state index in [1.165, 1.54) is 32.1 Å². The summed E-state index contributed by atoms with van der Waals surface area (Å²) in [6, 6.07) is 0. The lowest BCUT2D eigenvalue weighted by Crippen LogP contribution is -2.45. The second kappa shape index (κ2) is 6.25. The molecular formula is C16H29NO2. The lowest BCUT2D eigenvalue weighted by molar-refractivity contribution is -0.153. The third kappa shape index (κ3) is 3.71. The summed E-state index contributed by atoms with van der Waals surface area (Å²) in [7, 11) is 2.11. The molecule has 2 rings (SSSR count). The fraction of sp³-hybridized carbons (Fsp3) is 0.938. The maximum Gasteiger partial charge on any atom is 0.310 e. The molecule has 0 aromatic rings. The smallest absolute Gasteiger partial charge is 0.310 e. The van der Waals surface area contributed by atoms with Gasteiger partial charge in [0, 0.05) is 13.1 Å². The van der Waals surface area contributed by atoms with E-state index in [0.717, 1.165) is 38.3 Å². The summed E-state index contributed by atoms with van der Waals surface area (Å²) in [6.07, 6.45) is 9.38. The predicted molar refractivity (Wildman–Crippen MR) is 77.2 cm³/mol. The average molecular weight is 267 g/mol. The molecule has 2 fully saturated rings. The van der Waals surface area contributed by atoms with Crippen molar-refractivity contribution in [2.45, 2.75) is 58.3 Å². The first-order valence-electron chi connectivity index (χ1n) is 7.94. The Morgan fingerprint density at radius 1 is 1.26 bits per heavy atom. The maximum absolute atomic E-state index is 11.8. The van der Waals surface area contributed by atoms with E-state index in [1.807, 2.05) is 0 Å². The Bertz CT molecular complexity index is 312. The van der Waals surface area contributed by atoms with Gasteiger partial charge in [-0.2, -0.15) is 0 Å². The van der Waals surface area contributed by atoms with Gasteiger partial charge in [0.15, 0.2) is 0 Å². The largest absolute Gasteiger partial charge is 0.481 e. The highest BCUT2D eigenvalue weighted by Crippen LogP contribution is 2.40. The number of hydrogen-bond donors (Lipinski definition) is 1. The van der Waals surface area contributed by atoms with Crippen LogP contribution in [-0.4, -0.2) is 36.1 Å². The van der Waals surface area contributed by atoms with E-state index >= 15 is 0 Å². The Morgan fingerprint density at radius 3 is 2.53 bits per heavy atom. The average Bonchev–Trinajstić information content (AvgIpc) is 2.81. The van der Waals surface area contributed by atoms with Gasteiger partial charge in [-0.1, -0.05) is 32.6 Å². The summed E-state index contributed by atoms with van der Waals surface area (Å²) in [5.41, 5.74) is -0.481. The van der Waals surface area contributed by atoms with Crippen molar-refractivity contribution in [1.29, 1.82) is 0 Å². The quantitative estimate of drug-likeness (QED) is 0.830. The van der Waals surface area contributed by atoms with Gasteiger partial charge in [0.1, 0.15) is 0 Å². The van der Waals surface area contributed by atoms with E-state index in [9.17, 15) is 9.90 Å². The van der Waals surface area contributed by atoms with E-state index in [0.29, 0.717) is 5.92 Å². The second-order valence-corrected chi connectivity index (χ2v) is 7.13. The van der Waals surface area contributed by atoms with E-state index in [-0.39, 0.29) is 0 Å². The van der Waals surface area contributed by atoms with Crippen molar-refractivity contribution in [3.05, 3.63) is 0 Å². The molecule has 2 aliphatic carbocycles. The highest BCUT2D eigenvalue weighted by Gasteiger charge is 2.42. The molecule has 3 nitrogen and oxygen atoms in total. The molecule has 0 bridgehead atoms. The number of carboxylic acid groups (broad SMARTS) is 1. The molecule has 19 heavy (non-hydrogen) atoms. The first-order valence-corrected chi connectivity index (χ1v) is 7.94. The molecule has 0 amide bonds. The highest BCUT2D eigenvalue weighted by molar-refractivity contribution is 5.75. The van der Waals surface area contributed by atoms with Gasteiger partial charge in [0.2, 0.25) is 0 Å². The minimum atomic E-state index is -0.572. The van der Waals surface area contributed by atoms with Gasteiger partial charge in [-0.05, 0) is 44.6 Å². The Morgan fingerprint density at radius 2 is 1.95 bits per heavy atom. The van der Waals surface area contributed by atoms with Crippen LogP contribution in [0, 0.1) is 17.3 Å². The molecule has 0 heterocycles. The number of carbonyl (C=O) groups is 1. The second-order valence-electron chi connectivity index (χ2n) is 7.13. The molecule has 2 aliphatic rings. The lowest BCUT2D eigenvalue weighted by Gasteiger charge is -2.39. The Hall–Kier alpha value is -0.570. The topological polar surface area (TPSA) is 40.5 Å². The molecule has 2 unspecified atom stereocenters. The normalized spacial score (nSPS) is 32.9. The van der Waals surface area contributed by atoms with Crippen LogP contribution in [0.1, 0.15) is 58.3 Å². The highest BCUT2D eigenvalue weighted by atomic mass is 16.4. The van der Waals surface area contributed by atoms with Gasteiger partial charge in [0.25, 0.3) is 0 Å². The molecule has 2 atom stereocenters. The molecule has 110 valence electrons. The van der Waals surface area contributed by atoms with Crippen molar-refractivity contribution in [3.8, 4) is 0 Å². The van der Waals surface area contributed by atoms with Crippen molar-refractivity contribution in [2.75, 3.05) is 20.1 Å². The van der Waals surface area contributed by atoms with Gasteiger partial charge < -0.3 is 10.0 Å². The summed E-state index contributed by atoms with van der Waals surface area (Å²) >= 11 is 0. The van der Waals surface area contributed by atoms with Crippen LogP contribution in [0.5, 0.6) is 0 Å². The van der Waals surface area contributed by atoms with E-state index in [4.69, 9.17) is 0 Å². The van der Waals surface area contributed by atoms with E-state index in [1.54, 1.807) is 0 Å². The van der Waals surface area contributed by atoms with Crippen LogP contribution in [0.2, 0.25) is 0 Å². The van der Waals surface area contributed by atoms with Gasteiger partial charge in [-0.15, -0.1) is 0 Å². The van der Waals surface area contributed by atoms with Crippen molar-refractivity contribution in [2.24, 2.45) is 17.3 Å². The van der Waals surface area contributed by atoms with Crippen LogP contribution >= 0.6 is 0 Å². The molecule has 0 spiro atoms. The van der Waals surface area contributed by atoms with Crippen LogP contribution in [0.25, 0.3) is 0 Å². The molecule has 1 N–H and O–H groups in total. The zero-order valence-electron chi connectivity index (χ0n) is 12.5. The van der Waals surface area contributed by atoms with Crippen LogP contribution in [0.4, 0.5) is 0 Å². The maximum atomic E-state index is 11.8. The molecule has 0 saturated heterocycles. The molecule has 0 aliphatic heterocycles. The zero-order valence-corrected chi connectivity index (χ0v) is 12.5. The number of aliphatic carboxylic acids is 1. The molecular weight excluding hydrogens is 238 g/mol. The van der Waals surface area contributed by atoms with Gasteiger partial charge in [-0.25, -0.2) is 0 Å².